The summed E-state index contributed by atoms with van der Waals surface area (Å²) in [5.41, 5.74) is 11.0. The van der Waals surface area contributed by atoms with E-state index in [-0.39, 0.29) is 23.5 Å². The topological polar surface area (TPSA) is 125 Å². The Morgan fingerprint density at radius 2 is 2.06 bits per heavy atom. The average molecular weight is 427 g/mol. The van der Waals surface area contributed by atoms with Gasteiger partial charge in [0.1, 0.15) is 11.5 Å². The predicted molar refractivity (Wildman–Crippen MR) is 115 cm³/mol. The summed E-state index contributed by atoms with van der Waals surface area (Å²) in [6.07, 6.45) is 4.88. The molecule has 0 unspecified atom stereocenters. The number of nitrogens with two attached hydrogens (primary N) is 2. The molecule has 0 spiro atoms. The summed E-state index contributed by atoms with van der Waals surface area (Å²) in [6, 6.07) is 6.51. The Balaban J connectivity index is 1.38. The van der Waals surface area contributed by atoms with Crippen LogP contribution in [0.5, 0.6) is 0 Å². The van der Waals surface area contributed by atoms with Crippen molar-refractivity contribution in [2.75, 3.05) is 11.9 Å². The maximum atomic E-state index is 13.1. The maximum absolute atomic E-state index is 13.1. The molecule has 2 atom stereocenters. The fraction of sp³-hybridized carbons (Fsp3) is 0.381. The second kappa shape index (κ2) is 8.86. The van der Waals surface area contributed by atoms with E-state index < -0.39 is 0 Å². The van der Waals surface area contributed by atoms with Gasteiger partial charge in [-0.2, -0.15) is 0 Å². The van der Waals surface area contributed by atoms with Crippen molar-refractivity contribution in [1.82, 2.24) is 25.2 Å². The number of hydrogen-bond acceptors (Lipinski definition) is 8. The lowest BCUT2D eigenvalue weighted by atomic mass is 9.96. The molecular formula is C21H27FN8O. The molecule has 0 saturated carbocycles. The first kappa shape index (κ1) is 21.0. The SMILES string of the molecule is C[C@@H]1C[C@H](N2Cc3cnc(Nc4ccc(F)cc4)nc3C2)CCN1C(=O)/C(N)=C/NN. The zero-order valence-electron chi connectivity index (χ0n) is 17.4. The highest BCUT2D eigenvalue weighted by Crippen LogP contribution is 2.30. The Bertz CT molecular complexity index is 980. The fourth-order valence-corrected chi connectivity index (χ4v) is 4.26. The van der Waals surface area contributed by atoms with E-state index in [2.05, 4.69) is 25.6 Å². The van der Waals surface area contributed by atoms with Gasteiger partial charge in [0, 0.05) is 55.4 Å². The zero-order valence-corrected chi connectivity index (χ0v) is 17.4. The zero-order chi connectivity index (χ0) is 22.0. The molecule has 2 aliphatic rings. The van der Waals surface area contributed by atoms with Crippen molar-refractivity contribution in [3.63, 3.8) is 0 Å². The van der Waals surface area contributed by atoms with Crippen molar-refractivity contribution in [2.24, 2.45) is 11.6 Å². The number of nitrogens with zero attached hydrogens (tertiary/aromatic N) is 4. The molecule has 0 radical (unpaired) electrons. The van der Waals surface area contributed by atoms with Gasteiger partial charge in [0.2, 0.25) is 5.95 Å². The minimum atomic E-state index is -0.284. The van der Waals surface area contributed by atoms with Gasteiger partial charge >= 0.3 is 0 Å². The van der Waals surface area contributed by atoms with Gasteiger partial charge in [-0.15, -0.1) is 0 Å². The lowest BCUT2D eigenvalue weighted by Crippen LogP contribution is -2.51. The van der Waals surface area contributed by atoms with Crippen LogP contribution < -0.4 is 22.3 Å². The smallest absolute Gasteiger partial charge is 0.271 e. The van der Waals surface area contributed by atoms with Crippen molar-refractivity contribution in [1.29, 1.82) is 0 Å². The number of nitrogens with one attached hydrogen (secondary N) is 2. The number of amides is 1. The van der Waals surface area contributed by atoms with Crippen molar-refractivity contribution in [2.45, 2.75) is 44.9 Å². The number of likely N-dealkylation sites (tertiary alicyclic amines) is 1. The Hall–Kier alpha value is -3.24. The van der Waals surface area contributed by atoms with Crippen LogP contribution in [0.1, 0.15) is 31.0 Å². The molecule has 2 aromatic rings. The highest BCUT2D eigenvalue weighted by Gasteiger charge is 2.35. The van der Waals surface area contributed by atoms with E-state index in [1.807, 2.05) is 13.1 Å². The number of fused-ring (bicyclic) bond motifs is 1. The van der Waals surface area contributed by atoms with E-state index in [0.29, 0.717) is 18.5 Å². The van der Waals surface area contributed by atoms with E-state index in [4.69, 9.17) is 11.6 Å². The van der Waals surface area contributed by atoms with Crippen LogP contribution in [-0.4, -0.2) is 44.3 Å². The van der Waals surface area contributed by atoms with Gasteiger partial charge in [-0.05, 0) is 44.0 Å². The number of aromatic nitrogens is 2. The first-order chi connectivity index (χ1) is 14.9. The second-order valence-electron chi connectivity index (χ2n) is 7.99. The Labute approximate surface area is 180 Å². The molecule has 1 aromatic carbocycles. The highest BCUT2D eigenvalue weighted by molar-refractivity contribution is 5.92. The molecule has 1 saturated heterocycles. The van der Waals surface area contributed by atoms with Crippen LogP contribution in [0.3, 0.4) is 0 Å². The molecule has 0 bridgehead atoms. The van der Waals surface area contributed by atoms with Crippen molar-refractivity contribution in [3.8, 4) is 0 Å². The van der Waals surface area contributed by atoms with Crippen LogP contribution >= 0.6 is 0 Å². The van der Waals surface area contributed by atoms with Gasteiger partial charge in [0.05, 0.1) is 5.69 Å². The normalized spacial score (nSPS) is 21.6. The summed E-state index contributed by atoms with van der Waals surface area (Å²) >= 11 is 0. The molecule has 0 aliphatic carbocycles. The van der Waals surface area contributed by atoms with E-state index in [0.717, 1.165) is 42.9 Å². The summed E-state index contributed by atoms with van der Waals surface area (Å²) in [6.45, 7) is 4.21. The van der Waals surface area contributed by atoms with E-state index >= 15 is 0 Å². The Morgan fingerprint density at radius 1 is 1.29 bits per heavy atom. The number of anilines is 2. The number of carbonyl (C=O) groups is 1. The van der Waals surface area contributed by atoms with Crippen LogP contribution in [0, 0.1) is 5.82 Å². The minimum absolute atomic E-state index is 0.0708. The molecule has 3 heterocycles. The standard InChI is InChI=1S/C21H27FN8O/c1-13-8-17(6-7-30(13)20(31)18(23)10-26-24)29-11-14-9-25-21(28-19(14)12-29)27-16-4-2-15(22)3-5-16/h2-5,9-10,13,17,26H,6-8,11-12,23-24H2,1H3,(H,25,27,28)/b18-10-/t13-,17-/m1/s1. The number of benzene rings is 1. The lowest BCUT2D eigenvalue weighted by molar-refractivity contribution is -0.131. The largest absolute Gasteiger partial charge is 0.393 e. The van der Waals surface area contributed by atoms with Crippen molar-refractivity contribution in [3.05, 3.63) is 59.4 Å². The third-order valence-electron chi connectivity index (χ3n) is 5.89. The summed E-state index contributed by atoms with van der Waals surface area (Å²) < 4.78 is 13.1. The number of carbonyl (C=O) groups excluding carboxylic acids is 1. The van der Waals surface area contributed by atoms with Gasteiger partial charge < -0.3 is 21.4 Å². The number of hydrogen-bond donors (Lipinski definition) is 4. The average Bonchev–Trinajstić information content (AvgIpc) is 3.18. The van der Waals surface area contributed by atoms with Crippen LogP contribution in [0.25, 0.3) is 0 Å². The lowest BCUT2D eigenvalue weighted by Gasteiger charge is -2.41. The fourth-order valence-electron chi connectivity index (χ4n) is 4.26. The number of piperidine rings is 1. The summed E-state index contributed by atoms with van der Waals surface area (Å²) in [5, 5.41) is 3.12. The monoisotopic (exact) mass is 426 g/mol. The molecule has 31 heavy (non-hydrogen) atoms. The van der Waals surface area contributed by atoms with Gasteiger partial charge in [-0.1, -0.05) is 0 Å². The first-order valence-electron chi connectivity index (χ1n) is 10.3. The van der Waals surface area contributed by atoms with Crippen molar-refractivity contribution < 1.29 is 9.18 Å². The van der Waals surface area contributed by atoms with E-state index in [9.17, 15) is 9.18 Å². The molecule has 10 heteroatoms. The molecular weight excluding hydrogens is 399 g/mol. The van der Waals surface area contributed by atoms with Crippen LogP contribution in [0.15, 0.2) is 42.4 Å². The molecule has 1 aromatic heterocycles. The quantitative estimate of drug-likeness (QED) is 0.320. The highest BCUT2D eigenvalue weighted by atomic mass is 19.1. The van der Waals surface area contributed by atoms with Gasteiger partial charge in [-0.3, -0.25) is 15.5 Å². The minimum Gasteiger partial charge on any atom is -0.393 e. The van der Waals surface area contributed by atoms with Gasteiger partial charge in [0.15, 0.2) is 0 Å². The molecule has 4 rings (SSSR count). The molecule has 9 nitrogen and oxygen atoms in total. The molecule has 2 aliphatic heterocycles. The Morgan fingerprint density at radius 3 is 2.77 bits per heavy atom. The van der Waals surface area contributed by atoms with Crippen LogP contribution in [-0.2, 0) is 17.9 Å². The number of hydrazine groups is 1. The third kappa shape index (κ3) is 4.59. The maximum Gasteiger partial charge on any atom is 0.271 e. The molecule has 1 amide bonds. The molecule has 1 fully saturated rings. The van der Waals surface area contributed by atoms with Gasteiger partial charge in [-0.25, -0.2) is 14.4 Å². The van der Waals surface area contributed by atoms with Crippen LogP contribution in [0.4, 0.5) is 16.0 Å². The second-order valence-corrected chi connectivity index (χ2v) is 7.99. The number of rotatable bonds is 5. The third-order valence-corrected chi connectivity index (χ3v) is 5.89. The van der Waals surface area contributed by atoms with E-state index in [1.54, 1.807) is 17.0 Å². The summed E-state index contributed by atoms with van der Waals surface area (Å²) in [4.78, 5) is 25.7. The first-order valence-corrected chi connectivity index (χ1v) is 10.3. The van der Waals surface area contributed by atoms with Crippen molar-refractivity contribution >= 4 is 17.5 Å². The molecule has 164 valence electrons. The van der Waals surface area contributed by atoms with E-state index in [1.165, 1.54) is 18.3 Å². The number of halogens is 1. The predicted octanol–water partition coefficient (Wildman–Crippen LogP) is 1.32. The van der Waals surface area contributed by atoms with Gasteiger partial charge in [0.25, 0.3) is 5.91 Å². The molecule has 6 N–H and O–H groups in total. The Kier molecular flexibility index (Phi) is 6.01. The summed E-state index contributed by atoms with van der Waals surface area (Å²) in [7, 11) is 0. The summed E-state index contributed by atoms with van der Waals surface area (Å²) in [5.74, 6) is 5.24. The van der Waals surface area contributed by atoms with Crippen LogP contribution in [0.2, 0.25) is 0 Å².